The number of anilines is 1. The zero-order valence-electron chi connectivity index (χ0n) is 11.8. The number of imidazole rings is 1. The maximum atomic E-state index is 13.2. The normalized spacial score (nSPS) is 12.7. The van der Waals surface area contributed by atoms with Crippen molar-refractivity contribution in [2.45, 2.75) is 39.8 Å². The summed E-state index contributed by atoms with van der Waals surface area (Å²) in [6.07, 6.45) is 2.02. The van der Waals surface area contributed by atoms with Gasteiger partial charge >= 0.3 is 0 Å². The molecule has 0 aliphatic heterocycles. The summed E-state index contributed by atoms with van der Waals surface area (Å²) in [7, 11) is 0. The number of rotatable bonds is 4. The van der Waals surface area contributed by atoms with Gasteiger partial charge in [-0.1, -0.05) is 12.1 Å². The fourth-order valence-electron chi connectivity index (χ4n) is 2.07. The molecule has 0 aliphatic rings. The zero-order valence-corrected chi connectivity index (χ0v) is 11.8. The van der Waals surface area contributed by atoms with Crippen LogP contribution in [-0.4, -0.2) is 9.55 Å². The summed E-state index contributed by atoms with van der Waals surface area (Å²) in [4.78, 5) is 4.48. The first-order valence-corrected chi connectivity index (χ1v) is 6.55. The number of aryl methyl sites for hydroxylation is 1. The van der Waals surface area contributed by atoms with Crippen LogP contribution in [0.2, 0.25) is 0 Å². The minimum absolute atomic E-state index is 0.00926. The maximum Gasteiger partial charge on any atom is 0.203 e. The Hall–Kier alpha value is -1.84. The molecule has 2 aromatic rings. The maximum absolute atomic E-state index is 13.2. The van der Waals surface area contributed by atoms with Crippen LogP contribution in [0.4, 0.5) is 10.3 Å². The highest BCUT2D eigenvalue weighted by molar-refractivity contribution is 5.34. The average molecular weight is 261 g/mol. The van der Waals surface area contributed by atoms with Gasteiger partial charge in [-0.25, -0.2) is 9.37 Å². The summed E-state index contributed by atoms with van der Waals surface area (Å²) in [5, 5.41) is 3.34. The van der Waals surface area contributed by atoms with Crippen molar-refractivity contribution in [3.05, 3.63) is 47.5 Å². The van der Waals surface area contributed by atoms with E-state index in [4.69, 9.17) is 0 Å². The predicted molar refractivity (Wildman–Crippen MR) is 75.8 cm³/mol. The third-order valence-corrected chi connectivity index (χ3v) is 3.10. The lowest BCUT2D eigenvalue weighted by Gasteiger charge is -2.18. The lowest BCUT2D eigenvalue weighted by atomic mass is 10.1. The standard InChI is InChI=1S/C15H20FN3/c1-10(2)19-9-11(3)17-15(19)18-12(4)13-6-5-7-14(16)8-13/h5-10,12H,1-4H3,(H,17,18). The third kappa shape index (κ3) is 3.13. The van der Waals surface area contributed by atoms with Gasteiger partial charge < -0.3 is 9.88 Å². The molecule has 102 valence electrons. The number of halogens is 1. The molecule has 0 aliphatic carbocycles. The van der Waals surface area contributed by atoms with Crippen LogP contribution in [0, 0.1) is 12.7 Å². The molecule has 1 heterocycles. The molecule has 1 N–H and O–H groups in total. The quantitative estimate of drug-likeness (QED) is 0.898. The summed E-state index contributed by atoms with van der Waals surface area (Å²) in [6, 6.07) is 6.99. The van der Waals surface area contributed by atoms with Crippen LogP contribution in [0.15, 0.2) is 30.5 Å². The molecule has 0 saturated heterocycles. The number of nitrogens with one attached hydrogen (secondary N) is 1. The molecule has 0 radical (unpaired) electrons. The first kappa shape index (κ1) is 13.6. The molecule has 0 bridgehead atoms. The van der Waals surface area contributed by atoms with Gasteiger partial charge in [-0.2, -0.15) is 0 Å². The van der Waals surface area contributed by atoms with Gasteiger partial charge in [0.25, 0.3) is 0 Å². The molecule has 3 nitrogen and oxygen atoms in total. The monoisotopic (exact) mass is 261 g/mol. The molecule has 2 rings (SSSR count). The highest BCUT2D eigenvalue weighted by Crippen LogP contribution is 2.22. The number of hydrogen-bond acceptors (Lipinski definition) is 2. The van der Waals surface area contributed by atoms with Crippen LogP contribution in [0.3, 0.4) is 0 Å². The van der Waals surface area contributed by atoms with Crippen LogP contribution in [-0.2, 0) is 0 Å². The SMILES string of the molecule is Cc1cn(C(C)C)c(NC(C)c2cccc(F)c2)n1. The van der Waals surface area contributed by atoms with Crippen LogP contribution >= 0.6 is 0 Å². The number of benzene rings is 1. The van der Waals surface area contributed by atoms with Gasteiger partial charge in [0, 0.05) is 12.2 Å². The highest BCUT2D eigenvalue weighted by Gasteiger charge is 2.12. The summed E-state index contributed by atoms with van der Waals surface area (Å²) in [5.74, 6) is 0.610. The number of hydrogen-bond donors (Lipinski definition) is 1. The number of aromatic nitrogens is 2. The second kappa shape index (κ2) is 5.43. The Balaban J connectivity index is 2.21. The van der Waals surface area contributed by atoms with Crippen molar-refractivity contribution >= 4 is 5.95 Å². The Morgan fingerprint density at radius 2 is 2.00 bits per heavy atom. The Morgan fingerprint density at radius 1 is 1.26 bits per heavy atom. The summed E-state index contributed by atoms with van der Waals surface area (Å²) in [6.45, 7) is 8.19. The van der Waals surface area contributed by atoms with E-state index in [1.165, 1.54) is 6.07 Å². The predicted octanol–water partition coefficient (Wildman–Crippen LogP) is 4.08. The Bertz CT molecular complexity index is 560. The van der Waals surface area contributed by atoms with Gasteiger partial charge in [0.1, 0.15) is 5.82 Å². The third-order valence-electron chi connectivity index (χ3n) is 3.10. The average Bonchev–Trinajstić information content (AvgIpc) is 2.70. The van der Waals surface area contributed by atoms with Crippen molar-refractivity contribution < 1.29 is 4.39 Å². The lowest BCUT2D eigenvalue weighted by molar-refractivity contribution is 0.599. The highest BCUT2D eigenvalue weighted by atomic mass is 19.1. The first-order chi connectivity index (χ1) is 8.97. The smallest absolute Gasteiger partial charge is 0.203 e. The molecule has 4 heteroatoms. The first-order valence-electron chi connectivity index (χ1n) is 6.55. The summed E-state index contributed by atoms with van der Waals surface area (Å²) in [5.41, 5.74) is 1.89. The van der Waals surface area contributed by atoms with Crippen LogP contribution in [0.25, 0.3) is 0 Å². The molecule has 0 spiro atoms. The van der Waals surface area contributed by atoms with Crippen molar-refractivity contribution in [2.24, 2.45) is 0 Å². The minimum Gasteiger partial charge on any atom is -0.349 e. The van der Waals surface area contributed by atoms with E-state index in [0.717, 1.165) is 17.2 Å². The Kier molecular flexibility index (Phi) is 3.88. The van der Waals surface area contributed by atoms with Crippen molar-refractivity contribution in [2.75, 3.05) is 5.32 Å². The zero-order chi connectivity index (χ0) is 14.0. The van der Waals surface area contributed by atoms with Gasteiger partial charge in [0.15, 0.2) is 0 Å². The van der Waals surface area contributed by atoms with Gasteiger partial charge in [0.2, 0.25) is 5.95 Å². The van der Waals surface area contributed by atoms with Gasteiger partial charge in [-0.05, 0) is 45.4 Å². The second-order valence-corrected chi connectivity index (χ2v) is 5.13. The fraction of sp³-hybridized carbons (Fsp3) is 0.400. The summed E-state index contributed by atoms with van der Waals surface area (Å²) >= 11 is 0. The molecule has 1 aromatic carbocycles. The fourth-order valence-corrected chi connectivity index (χ4v) is 2.07. The van der Waals surface area contributed by atoms with Crippen LogP contribution < -0.4 is 5.32 Å². The Labute approximate surface area is 113 Å². The topological polar surface area (TPSA) is 29.9 Å². The molecule has 0 fully saturated rings. The van der Waals surface area contributed by atoms with Gasteiger partial charge in [0.05, 0.1) is 11.7 Å². The minimum atomic E-state index is -0.213. The van der Waals surface area contributed by atoms with Crippen LogP contribution in [0.1, 0.15) is 44.1 Å². The molecule has 19 heavy (non-hydrogen) atoms. The van der Waals surface area contributed by atoms with E-state index < -0.39 is 0 Å². The lowest BCUT2D eigenvalue weighted by Crippen LogP contribution is -2.13. The molecule has 1 aromatic heterocycles. The van der Waals surface area contributed by atoms with Crippen molar-refractivity contribution in [1.29, 1.82) is 0 Å². The van der Waals surface area contributed by atoms with Crippen LogP contribution in [0.5, 0.6) is 0 Å². The number of nitrogens with zero attached hydrogens (tertiary/aromatic N) is 2. The van der Waals surface area contributed by atoms with Gasteiger partial charge in [-0.3, -0.25) is 0 Å². The van der Waals surface area contributed by atoms with E-state index in [-0.39, 0.29) is 11.9 Å². The van der Waals surface area contributed by atoms with E-state index in [0.29, 0.717) is 6.04 Å². The molecular weight excluding hydrogens is 241 g/mol. The second-order valence-electron chi connectivity index (χ2n) is 5.13. The molecule has 0 saturated carbocycles. The van der Waals surface area contributed by atoms with E-state index in [1.54, 1.807) is 12.1 Å². The Morgan fingerprint density at radius 3 is 2.63 bits per heavy atom. The van der Waals surface area contributed by atoms with Crippen molar-refractivity contribution in [1.82, 2.24) is 9.55 Å². The molecule has 1 unspecified atom stereocenters. The van der Waals surface area contributed by atoms with Gasteiger partial charge in [-0.15, -0.1) is 0 Å². The van der Waals surface area contributed by atoms with Crippen molar-refractivity contribution in [3.8, 4) is 0 Å². The van der Waals surface area contributed by atoms with E-state index in [2.05, 4.69) is 28.7 Å². The van der Waals surface area contributed by atoms with Crippen molar-refractivity contribution in [3.63, 3.8) is 0 Å². The molecular formula is C15H20FN3. The van der Waals surface area contributed by atoms with E-state index in [9.17, 15) is 4.39 Å². The van der Waals surface area contributed by atoms with E-state index >= 15 is 0 Å². The van der Waals surface area contributed by atoms with E-state index in [1.807, 2.05) is 26.1 Å². The molecule has 1 atom stereocenters. The summed E-state index contributed by atoms with van der Waals surface area (Å²) < 4.78 is 15.3. The largest absolute Gasteiger partial charge is 0.349 e. The molecule has 0 amide bonds.